The van der Waals surface area contributed by atoms with Crippen molar-refractivity contribution in [2.75, 3.05) is 7.05 Å². The van der Waals surface area contributed by atoms with E-state index in [9.17, 15) is 18.8 Å². The summed E-state index contributed by atoms with van der Waals surface area (Å²) in [6.07, 6.45) is -1.28. The summed E-state index contributed by atoms with van der Waals surface area (Å²) >= 11 is 5.69. The number of ether oxygens (including phenoxy) is 1. The molecule has 0 aliphatic rings. The molecule has 0 aliphatic carbocycles. The van der Waals surface area contributed by atoms with E-state index in [0.717, 1.165) is 6.07 Å². The van der Waals surface area contributed by atoms with E-state index in [-0.39, 0.29) is 5.02 Å². The number of carbonyl (C=O) groups excluding carboxylic acids is 3. The van der Waals surface area contributed by atoms with Crippen LogP contribution < -0.4 is 10.6 Å². The zero-order valence-corrected chi connectivity index (χ0v) is 11.5. The first-order valence-corrected chi connectivity index (χ1v) is 5.92. The molecule has 0 unspecified atom stereocenters. The second kappa shape index (κ2) is 6.85. The van der Waals surface area contributed by atoms with Gasteiger partial charge in [0, 0.05) is 7.05 Å². The molecule has 0 aliphatic heterocycles. The lowest BCUT2D eigenvalue weighted by atomic mass is 10.2. The molecule has 1 aromatic carbocycles. The van der Waals surface area contributed by atoms with Crippen molar-refractivity contribution in [1.29, 1.82) is 0 Å². The van der Waals surface area contributed by atoms with Crippen LogP contribution in [0.25, 0.3) is 0 Å². The van der Waals surface area contributed by atoms with Crippen molar-refractivity contribution in [1.82, 2.24) is 10.6 Å². The largest absolute Gasteiger partial charge is 0.449 e. The maximum Gasteiger partial charge on any atom is 0.343 e. The fourth-order valence-electron chi connectivity index (χ4n) is 1.24. The number of esters is 1. The van der Waals surface area contributed by atoms with Gasteiger partial charge in [-0.25, -0.2) is 14.0 Å². The van der Waals surface area contributed by atoms with Crippen LogP contribution in [0.4, 0.5) is 9.18 Å². The Morgan fingerprint density at radius 2 is 2.00 bits per heavy atom. The Labute approximate surface area is 119 Å². The zero-order valence-electron chi connectivity index (χ0n) is 10.7. The lowest BCUT2D eigenvalue weighted by Gasteiger charge is -2.13. The van der Waals surface area contributed by atoms with E-state index in [2.05, 4.69) is 5.32 Å². The van der Waals surface area contributed by atoms with E-state index in [1.54, 1.807) is 0 Å². The van der Waals surface area contributed by atoms with Crippen LogP contribution in [-0.4, -0.2) is 31.1 Å². The molecule has 0 saturated carbocycles. The third kappa shape index (κ3) is 3.92. The van der Waals surface area contributed by atoms with E-state index in [0.29, 0.717) is 0 Å². The Morgan fingerprint density at radius 3 is 2.55 bits per heavy atom. The smallest absolute Gasteiger partial charge is 0.343 e. The number of urea groups is 1. The number of benzene rings is 1. The summed E-state index contributed by atoms with van der Waals surface area (Å²) < 4.78 is 18.2. The molecule has 6 nitrogen and oxygen atoms in total. The van der Waals surface area contributed by atoms with Crippen molar-refractivity contribution in [2.24, 2.45) is 0 Å². The number of rotatable bonds is 3. The summed E-state index contributed by atoms with van der Waals surface area (Å²) in [5.74, 6) is -2.79. The van der Waals surface area contributed by atoms with Gasteiger partial charge in [0.25, 0.3) is 5.91 Å². The SMILES string of the molecule is CNC(=O)NC(=O)[C@H](C)OC(=O)c1c(F)cccc1Cl. The Bertz CT molecular complexity index is 530. The van der Waals surface area contributed by atoms with Crippen LogP contribution in [0.15, 0.2) is 18.2 Å². The molecular weight excluding hydrogens is 291 g/mol. The fourth-order valence-corrected chi connectivity index (χ4v) is 1.48. The molecule has 2 N–H and O–H groups in total. The summed E-state index contributed by atoms with van der Waals surface area (Å²) in [6.45, 7) is 1.24. The van der Waals surface area contributed by atoms with E-state index in [1.807, 2.05) is 5.32 Å². The minimum Gasteiger partial charge on any atom is -0.449 e. The third-order valence-corrected chi connectivity index (χ3v) is 2.60. The highest BCUT2D eigenvalue weighted by Crippen LogP contribution is 2.20. The van der Waals surface area contributed by atoms with Gasteiger partial charge in [-0.1, -0.05) is 17.7 Å². The number of nitrogens with one attached hydrogen (secondary N) is 2. The van der Waals surface area contributed by atoms with Crippen molar-refractivity contribution in [2.45, 2.75) is 13.0 Å². The van der Waals surface area contributed by atoms with Crippen molar-refractivity contribution in [3.05, 3.63) is 34.6 Å². The van der Waals surface area contributed by atoms with Gasteiger partial charge in [-0.3, -0.25) is 10.1 Å². The number of imide groups is 1. The molecule has 108 valence electrons. The monoisotopic (exact) mass is 302 g/mol. The maximum atomic E-state index is 13.5. The van der Waals surface area contributed by atoms with Gasteiger partial charge in [-0.05, 0) is 19.1 Å². The van der Waals surface area contributed by atoms with Crippen LogP contribution in [0.3, 0.4) is 0 Å². The van der Waals surface area contributed by atoms with Crippen molar-refractivity contribution >= 4 is 29.5 Å². The van der Waals surface area contributed by atoms with Crippen molar-refractivity contribution in [3.8, 4) is 0 Å². The Kier molecular flexibility index (Phi) is 5.45. The van der Waals surface area contributed by atoms with Gasteiger partial charge in [0.05, 0.1) is 5.02 Å². The van der Waals surface area contributed by atoms with Gasteiger partial charge in [-0.15, -0.1) is 0 Å². The molecule has 0 aromatic heterocycles. The molecule has 0 bridgehead atoms. The van der Waals surface area contributed by atoms with Gasteiger partial charge in [0.2, 0.25) is 0 Å². The molecule has 0 radical (unpaired) electrons. The highest BCUT2D eigenvalue weighted by Gasteiger charge is 2.23. The number of hydrogen-bond donors (Lipinski definition) is 2. The zero-order chi connectivity index (χ0) is 15.3. The van der Waals surface area contributed by atoms with Gasteiger partial charge in [0.1, 0.15) is 11.4 Å². The Morgan fingerprint density at radius 1 is 1.35 bits per heavy atom. The minimum atomic E-state index is -1.28. The van der Waals surface area contributed by atoms with Crippen LogP contribution in [-0.2, 0) is 9.53 Å². The van der Waals surface area contributed by atoms with Crippen molar-refractivity contribution in [3.63, 3.8) is 0 Å². The average Bonchev–Trinajstić information content (AvgIpc) is 2.38. The summed E-state index contributed by atoms with van der Waals surface area (Å²) in [5, 5.41) is 3.95. The first-order chi connectivity index (χ1) is 9.36. The van der Waals surface area contributed by atoms with Crippen LogP contribution in [0.2, 0.25) is 5.02 Å². The lowest BCUT2D eigenvalue weighted by molar-refractivity contribution is -0.127. The Balaban J connectivity index is 2.75. The van der Waals surface area contributed by atoms with Gasteiger partial charge >= 0.3 is 12.0 Å². The molecule has 20 heavy (non-hydrogen) atoms. The van der Waals surface area contributed by atoms with E-state index >= 15 is 0 Å². The standard InChI is InChI=1S/C12H12ClFN2O4/c1-6(10(17)16-12(19)15-2)20-11(18)9-7(13)4-3-5-8(9)14/h3-6H,1-2H3,(H2,15,16,17,19)/t6-/m0/s1. The number of carbonyl (C=O) groups is 3. The molecule has 0 saturated heterocycles. The predicted molar refractivity (Wildman–Crippen MR) is 68.9 cm³/mol. The third-order valence-electron chi connectivity index (χ3n) is 2.28. The molecular formula is C12H12ClFN2O4. The fraction of sp³-hybridized carbons (Fsp3) is 0.250. The Hall–Kier alpha value is -2.15. The number of amides is 3. The summed E-state index contributed by atoms with van der Waals surface area (Å²) in [5.41, 5.74) is -0.464. The highest BCUT2D eigenvalue weighted by atomic mass is 35.5. The molecule has 0 fully saturated rings. The highest BCUT2D eigenvalue weighted by molar-refractivity contribution is 6.33. The van der Waals surface area contributed by atoms with Crippen LogP contribution >= 0.6 is 11.6 Å². The summed E-state index contributed by atoms with van der Waals surface area (Å²) in [7, 11) is 1.32. The first-order valence-electron chi connectivity index (χ1n) is 5.54. The van der Waals surface area contributed by atoms with Gasteiger partial charge in [0.15, 0.2) is 6.10 Å². The van der Waals surface area contributed by atoms with E-state index in [1.165, 1.54) is 26.1 Å². The summed E-state index contributed by atoms with van der Waals surface area (Å²) in [4.78, 5) is 34.1. The van der Waals surface area contributed by atoms with Crippen LogP contribution in [0.1, 0.15) is 17.3 Å². The quantitative estimate of drug-likeness (QED) is 0.828. The van der Waals surface area contributed by atoms with Gasteiger partial charge < -0.3 is 10.1 Å². The van der Waals surface area contributed by atoms with Gasteiger partial charge in [-0.2, -0.15) is 0 Å². The van der Waals surface area contributed by atoms with Crippen molar-refractivity contribution < 1.29 is 23.5 Å². The molecule has 1 rings (SSSR count). The molecule has 0 spiro atoms. The number of hydrogen-bond acceptors (Lipinski definition) is 4. The molecule has 8 heteroatoms. The van der Waals surface area contributed by atoms with E-state index in [4.69, 9.17) is 16.3 Å². The molecule has 3 amide bonds. The summed E-state index contributed by atoms with van der Waals surface area (Å²) in [6, 6.07) is 2.94. The molecule has 1 atom stereocenters. The normalized spacial score (nSPS) is 11.4. The topological polar surface area (TPSA) is 84.5 Å². The maximum absolute atomic E-state index is 13.5. The minimum absolute atomic E-state index is 0.131. The lowest BCUT2D eigenvalue weighted by Crippen LogP contribution is -2.43. The number of halogens is 2. The average molecular weight is 303 g/mol. The van der Waals surface area contributed by atoms with E-state index < -0.39 is 35.4 Å². The second-order valence-corrected chi connectivity index (χ2v) is 4.12. The molecule has 0 heterocycles. The van der Waals surface area contributed by atoms with Crippen LogP contribution in [0.5, 0.6) is 0 Å². The van der Waals surface area contributed by atoms with Crippen LogP contribution in [0, 0.1) is 5.82 Å². The first kappa shape index (κ1) is 15.9. The molecule has 1 aromatic rings. The second-order valence-electron chi connectivity index (χ2n) is 3.71. The predicted octanol–water partition coefficient (Wildman–Crippen LogP) is 1.48.